The third kappa shape index (κ3) is 2.45. The van der Waals surface area contributed by atoms with E-state index in [9.17, 15) is 5.11 Å². The molecule has 0 atom stereocenters. The highest BCUT2D eigenvalue weighted by Crippen LogP contribution is 2.24. The quantitative estimate of drug-likeness (QED) is 0.845. The second-order valence-electron chi connectivity index (χ2n) is 4.16. The lowest BCUT2D eigenvalue weighted by atomic mass is 9.95. The maximum absolute atomic E-state index is 9.32. The topological polar surface area (TPSA) is 20.2 Å². The van der Waals surface area contributed by atoms with Gasteiger partial charge in [0.05, 0.1) is 6.61 Å². The van der Waals surface area contributed by atoms with E-state index in [1.807, 2.05) is 24.3 Å². The van der Waals surface area contributed by atoms with Crippen molar-refractivity contribution < 1.29 is 5.11 Å². The van der Waals surface area contributed by atoms with Crippen molar-refractivity contribution in [1.82, 2.24) is 0 Å². The van der Waals surface area contributed by atoms with Gasteiger partial charge in [-0.15, -0.1) is 0 Å². The van der Waals surface area contributed by atoms with E-state index < -0.39 is 0 Å². The molecule has 0 heterocycles. The number of rotatable bonds is 3. The van der Waals surface area contributed by atoms with Gasteiger partial charge in [0.15, 0.2) is 0 Å². The highest BCUT2D eigenvalue weighted by atomic mass is 16.3. The monoisotopic (exact) mass is 224 g/mol. The summed E-state index contributed by atoms with van der Waals surface area (Å²) in [5.41, 5.74) is 5.21. The van der Waals surface area contributed by atoms with Crippen LogP contribution in [0.2, 0.25) is 0 Å². The molecule has 1 N–H and O–H groups in total. The minimum absolute atomic E-state index is 0.0427. The first kappa shape index (κ1) is 11.6. The Morgan fingerprint density at radius 1 is 1.06 bits per heavy atom. The number of hydrogen-bond donors (Lipinski definition) is 1. The first-order chi connectivity index (χ1) is 8.22. The predicted molar refractivity (Wildman–Crippen MR) is 71.7 cm³/mol. The van der Waals surface area contributed by atoms with Gasteiger partial charge in [-0.3, -0.25) is 0 Å². The van der Waals surface area contributed by atoms with Gasteiger partial charge in [0.25, 0.3) is 0 Å². The Morgan fingerprint density at radius 2 is 1.71 bits per heavy atom. The minimum atomic E-state index is 0.0427. The van der Waals surface area contributed by atoms with Gasteiger partial charge in [-0.1, -0.05) is 60.7 Å². The molecule has 2 aromatic rings. The molecular formula is C16H16O. The molecule has 0 bridgehead atoms. The molecule has 0 spiro atoms. The zero-order chi connectivity index (χ0) is 12.3. The van der Waals surface area contributed by atoms with Gasteiger partial charge in [-0.05, 0) is 29.2 Å². The lowest BCUT2D eigenvalue weighted by Crippen LogP contribution is -1.93. The molecule has 0 aliphatic rings. The molecule has 0 aliphatic heterocycles. The van der Waals surface area contributed by atoms with E-state index in [0.717, 1.165) is 22.3 Å². The van der Waals surface area contributed by atoms with Gasteiger partial charge in [-0.2, -0.15) is 0 Å². The van der Waals surface area contributed by atoms with Crippen molar-refractivity contribution in [2.45, 2.75) is 13.5 Å². The van der Waals surface area contributed by atoms with E-state index in [4.69, 9.17) is 0 Å². The standard InChI is InChI=1S/C16H16O/c1-12-7-9-14(10-8-12)13(2)16-6-4-3-5-15(16)11-17/h3-10,17H,2,11H2,1H3. The average Bonchev–Trinajstić information content (AvgIpc) is 2.39. The zero-order valence-electron chi connectivity index (χ0n) is 9.98. The Kier molecular flexibility index (Phi) is 3.40. The van der Waals surface area contributed by atoms with Crippen LogP contribution in [0.5, 0.6) is 0 Å². The second kappa shape index (κ2) is 4.98. The summed E-state index contributed by atoms with van der Waals surface area (Å²) in [6.07, 6.45) is 0. The number of aliphatic hydroxyl groups is 1. The second-order valence-corrected chi connectivity index (χ2v) is 4.16. The Hall–Kier alpha value is -1.86. The van der Waals surface area contributed by atoms with Gasteiger partial charge < -0.3 is 5.11 Å². The van der Waals surface area contributed by atoms with Crippen LogP contribution in [0.1, 0.15) is 22.3 Å². The number of hydrogen-bond acceptors (Lipinski definition) is 1. The molecular weight excluding hydrogens is 208 g/mol. The van der Waals surface area contributed by atoms with Crippen LogP contribution in [0.3, 0.4) is 0 Å². The van der Waals surface area contributed by atoms with Crippen LogP contribution in [-0.4, -0.2) is 5.11 Å². The SMILES string of the molecule is C=C(c1ccc(C)cc1)c1ccccc1CO. The smallest absolute Gasteiger partial charge is 0.0687 e. The van der Waals surface area contributed by atoms with Crippen LogP contribution in [0.25, 0.3) is 5.57 Å². The highest BCUT2D eigenvalue weighted by Gasteiger charge is 2.06. The van der Waals surface area contributed by atoms with E-state index in [1.54, 1.807) is 0 Å². The van der Waals surface area contributed by atoms with E-state index >= 15 is 0 Å². The maximum atomic E-state index is 9.32. The number of aryl methyl sites for hydroxylation is 1. The van der Waals surface area contributed by atoms with Gasteiger partial charge in [-0.25, -0.2) is 0 Å². The first-order valence-electron chi connectivity index (χ1n) is 5.67. The lowest BCUT2D eigenvalue weighted by Gasteiger charge is -2.10. The molecule has 0 amide bonds. The van der Waals surface area contributed by atoms with Crippen molar-refractivity contribution in [2.24, 2.45) is 0 Å². The van der Waals surface area contributed by atoms with Crippen molar-refractivity contribution >= 4 is 5.57 Å². The lowest BCUT2D eigenvalue weighted by molar-refractivity contribution is 0.281. The van der Waals surface area contributed by atoms with Crippen molar-refractivity contribution in [3.63, 3.8) is 0 Å². The molecule has 86 valence electrons. The van der Waals surface area contributed by atoms with Gasteiger partial charge in [0, 0.05) is 0 Å². The van der Waals surface area contributed by atoms with E-state index in [2.05, 4.69) is 37.8 Å². The third-order valence-electron chi connectivity index (χ3n) is 2.91. The van der Waals surface area contributed by atoms with Gasteiger partial charge in [0.1, 0.15) is 0 Å². The molecule has 0 saturated carbocycles. The Balaban J connectivity index is 2.40. The van der Waals surface area contributed by atoms with E-state index in [0.29, 0.717) is 0 Å². The van der Waals surface area contributed by atoms with Crippen molar-refractivity contribution in [3.05, 3.63) is 77.4 Å². The number of aliphatic hydroxyl groups excluding tert-OH is 1. The summed E-state index contributed by atoms with van der Waals surface area (Å²) in [4.78, 5) is 0. The molecule has 0 radical (unpaired) electrons. The first-order valence-corrected chi connectivity index (χ1v) is 5.67. The van der Waals surface area contributed by atoms with Crippen LogP contribution >= 0.6 is 0 Å². The van der Waals surface area contributed by atoms with Crippen molar-refractivity contribution in [1.29, 1.82) is 0 Å². The summed E-state index contributed by atoms with van der Waals surface area (Å²) in [6, 6.07) is 16.1. The van der Waals surface area contributed by atoms with Crippen molar-refractivity contribution in [2.75, 3.05) is 0 Å². The molecule has 17 heavy (non-hydrogen) atoms. The Morgan fingerprint density at radius 3 is 2.35 bits per heavy atom. The summed E-state index contributed by atoms with van der Waals surface area (Å²) in [5, 5.41) is 9.32. The fraction of sp³-hybridized carbons (Fsp3) is 0.125. The van der Waals surface area contributed by atoms with Crippen LogP contribution in [-0.2, 0) is 6.61 Å². The van der Waals surface area contributed by atoms with Gasteiger partial charge in [0.2, 0.25) is 0 Å². The molecule has 2 rings (SSSR count). The molecule has 0 aliphatic carbocycles. The molecule has 2 aromatic carbocycles. The molecule has 0 unspecified atom stereocenters. The maximum Gasteiger partial charge on any atom is 0.0687 e. The fourth-order valence-corrected chi connectivity index (χ4v) is 1.86. The molecule has 0 aromatic heterocycles. The Labute approximate surface area is 102 Å². The summed E-state index contributed by atoms with van der Waals surface area (Å²) >= 11 is 0. The highest BCUT2D eigenvalue weighted by molar-refractivity contribution is 5.79. The normalized spacial score (nSPS) is 10.2. The minimum Gasteiger partial charge on any atom is -0.392 e. The summed E-state index contributed by atoms with van der Waals surface area (Å²) in [5.74, 6) is 0. The van der Waals surface area contributed by atoms with E-state index in [-0.39, 0.29) is 6.61 Å². The summed E-state index contributed by atoms with van der Waals surface area (Å²) < 4.78 is 0. The van der Waals surface area contributed by atoms with Crippen LogP contribution in [0, 0.1) is 6.92 Å². The molecule has 1 heteroatoms. The van der Waals surface area contributed by atoms with Crippen molar-refractivity contribution in [3.8, 4) is 0 Å². The summed E-state index contributed by atoms with van der Waals surface area (Å²) in [7, 11) is 0. The fourth-order valence-electron chi connectivity index (χ4n) is 1.86. The summed E-state index contributed by atoms with van der Waals surface area (Å²) in [6.45, 7) is 6.23. The molecule has 1 nitrogen and oxygen atoms in total. The Bertz CT molecular complexity index is 523. The predicted octanol–water partition coefficient (Wildman–Crippen LogP) is 3.55. The van der Waals surface area contributed by atoms with E-state index in [1.165, 1.54) is 5.56 Å². The number of benzene rings is 2. The molecule has 0 fully saturated rings. The average molecular weight is 224 g/mol. The molecule has 0 saturated heterocycles. The third-order valence-corrected chi connectivity index (χ3v) is 2.91. The van der Waals surface area contributed by atoms with Crippen LogP contribution in [0.4, 0.5) is 0 Å². The van der Waals surface area contributed by atoms with Crippen LogP contribution < -0.4 is 0 Å². The van der Waals surface area contributed by atoms with Crippen LogP contribution in [0.15, 0.2) is 55.1 Å². The zero-order valence-corrected chi connectivity index (χ0v) is 9.98. The van der Waals surface area contributed by atoms with Gasteiger partial charge >= 0.3 is 0 Å². The largest absolute Gasteiger partial charge is 0.392 e.